The molecule has 150 valence electrons. The second-order valence-electron chi connectivity index (χ2n) is 6.58. The normalized spacial score (nSPS) is 18.5. The number of epoxide rings is 1. The van der Waals surface area contributed by atoms with Gasteiger partial charge in [0.05, 0.1) is 18.5 Å². The molecule has 0 amide bonds. The highest BCUT2D eigenvalue weighted by Crippen LogP contribution is 2.56. The number of halogens is 4. The second-order valence-corrected chi connectivity index (χ2v) is 6.58. The number of aromatic nitrogens is 2. The first-order valence-electron chi connectivity index (χ1n) is 8.59. The van der Waals surface area contributed by atoms with Gasteiger partial charge in [0.15, 0.2) is 5.60 Å². The summed E-state index contributed by atoms with van der Waals surface area (Å²) in [6.45, 7) is -0.345. The van der Waals surface area contributed by atoms with Gasteiger partial charge in [-0.05, 0) is 24.3 Å². The van der Waals surface area contributed by atoms with Crippen LogP contribution in [-0.2, 0) is 22.9 Å². The van der Waals surface area contributed by atoms with Crippen molar-refractivity contribution in [2.45, 2.75) is 18.1 Å². The number of alkyl halides is 2. The number of anilines is 1. The number of ether oxygens (including phenoxy) is 2. The quantitative estimate of drug-likeness (QED) is 0.497. The van der Waals surface area contributed by atoms with Crippen molar-refractivity contribution in [1.82, 2.24) is 9.97 Å². The largest absolute Gasteiger partial charge is 0.473 e. The van der Waals surface area contributed by atoms with Crippen molar-refractivity contribution in [2.75, 3.05) is 12.3 Å². The fraction of sp³-hybridized carbons (Fsp3) is 0.200. The number of rotatable bonds is 6. The van der Waals surface area contributed by atoms with Gasteiger partial charge in [-0.3, -0.25) is 4.98 Å². The summed E-state index contributed by atoms with van der Waals surface area (Å²) >= 11 is 0. The lowest BCUT2D eigenvalue weighted by Crippen LogP contribution is -2.34. The van der Waals surface area contributed by atoms with Gasteiger partial charge in [0, 0.05) is 29.5 Å². The van der Waals surface area contributed by atoms with Gasteiger partial charge in [-0.15, -0.1) is 0 Å². The summed E-state index contributed by atoms with van der Waals surface area (Å²) < 4.78 is 67.8. The number of nitrogens with two attached hydrogens (primary N) is 1. The minimum Gasteiger partial charge on any atom is -0.473 e. The van der Waals surface area contributed by atoms with Gasteiger partial charge in [0.1, 0.15) is 23.9 Å². The average molecular weight is 405 g/mol. The molecule has 0 aliphatic carbocycles. The first-order valence-corrected chi connectivity index (χ1v) is 8.59. The van der Waals surface area contributed by atoms with E-state index in [-0.39, 0.29) is 6.61 Å². The Bertz CT molecular complexity index is 1020. The minimum atomic E-state index is -3.62. The summed E-state index contributed by atoms with van der Waals surface area (Å²) in [7, 11) is 0. The molecule has 3 aromatic rings. The molecule has 5 nitrogen and oxygen atoms in total. The van der Waals surface area contributed by atoms with Crippen LogP contribution < -0.4 is 10.5 Å². The number of nitrogen functional groups attached to an aromatic ring is 1. The smallest absolute Gasteiger partial charge is 0.324 e. The summed E-state index contributed by atoms with van der Waals surface area (Å²) in [6, 6.07) is 8.17. The van der Waals surface area contributed by atoms with Gasteiger partial charge in [-0.1, -0.05) is 6.07 Å². The maximum absolute atomic E-state index is 15.1. The third kappa shape index (κ3) is 3.49. The third-order valence-electron chi connectivity index (χ3n) is 4.60. The molecule has 0 bridgehead atoms. The molecule has 0 saturated carbocycles. The zero-order chi connectivity index (χ0) is 20.6. The zero-order valence-corrected chi connectivity index (χ0v) is 14.9. The average Bonchev–Trinajstić information content (AvgIpc) is 3.50. The predicted molar refractivity (Wildman–Crippen MR) is 95.1 cm³/mol. The monoisotopic (exact) mass is 405 g/mol. The van der Waals surface area contributed by atoms with E-state index >= 15 is 8.78 Å². The van der Waals surface area contributed by atoms with Gasteiger partial charge in [-0.2, -0.15) is 8.78 Å². The number of hydrogen-bond acceptors (Lipinski definition) is 5. The Morgan fingerprint density at radius 1 is 1.07 bits per heavy atom. The summed E-state index contributed by atoms with van der Waals surface area (Å²) in [5.74, 6) is -5.25. The Morgan fingerprint density at radius 2 is 1.86 bits per heavy atom. The molecule has 29 heavy (non-hydrogen) atoms. The van der Waals surface area contributed by atoms with Crippen LogP contribution >= 0.6 is 0 Å². The lowest BCUT2D eigenvalue weighted by Gasteiger charge is -2.24. The third-order valence-corrected chi connectivity index (χ3v) is 4.60. The van der Waals surface area contributed by atoms with Crippen molar-refractivity contribution >= 4 is 5.69 Å². The summed E-state index contributed by atoms with van der Waals surface area (Å²) in [4.78, 5) is 7.78. The van der Waals surface area contributed by atoms with Gasteiger partial charge >= 0.3 is 5.92 Å². The molecule has 2 N–H and O–H groups in total. The fourth-order valence-electron chi connectivity index (χ4n) is 2.93. The first-order chi connectivity index (χ1) is 13.8. The highest BCUT2D eigenvalue weighted by Gasteiger charge is 2.68. The van der Waals surface area contributed by atoms with Crippen LogP contribution in [-0.4, -0.2) is 16.6 Å². The van der Waals surface area contributed by atoms with Crippen molar-refractivity contribution in [3.63, 3.8) is 0 Å². The topological polar surface area (TPSA) is 73.6 Å². The molecule has 3 heterocycles. The summed E-state index contributed by atoms with van der Waals surface area (Å²) in [5, 5.41) is 0. The molecule has 1 unspecified atom stereocenters. The number of nitrogens with zero attached hydrogens (tertiary/aromatic N) is 2. The fourth-order valence-corrected chi connectivity index (χ4v) is 2.93. The molecule has 1 atom stereocenters. The molecule has 1 aromatic carbocycles. The van der Waals surface area contributed by atoms with E-state index in [1.807, 2.05) is 0 Å². The standard InChI is InChI=1S/C20H15F4N3O2/c21-13-2-4-15(16(22)7-13)19(11-29-19)20(23,24)17-5-1-12(8-26-17)10-28-18-6-3-14(25)9-27-18/h1-9H,10-11,25H2. The van der Waals surface area contributed by atoms with Crippen LogP contribution in [0.4, 0.5) is 23.2 Å². The van der Waals surface area contributed by atoms with Crippen LogP contribution in [0.1, 0.15) is 16.8 Å². The van der Waals surface area contributed by atoms with Crippen LogP contribution in [0.3, 0.4) is 0 Å². The highest BCUT2D eigenvalue weighted by atomic mass is 19.3. The van der Waals surface area contributed by atoms with Crippen LogP contribution in [0, 0.1) is 11.6 Å². The Hall–Kier alpha value is -3.20. The SMILES string of the molecule is Nc1ccc(OCc2ccc(C(F)(F)C3(c4ccc(F)cc4F)CO3)nc2)nc1. The van der Waals surface area contributed by atoms with Crippen LogP contribution in [0.2, 0.25) is 0 Å². The summed E-state index contributed by atoms with van der Waals surface area (Å²) in [5.41, 5.74) is 3.35. The van der Waals surface area contributed by atoms with Crippen LogP contribution in [0.15, 0.2) is 54.9 Å². The molecule has 1 saturated heterocycles. The number of benzene rings is 1. The zero-order valence-electron chi connectivity index (χ0n) is 14.9. The Kier molecular flexibility index (Phi) is 4.62. The van der Waals surface area contributed by atoms with Crippen molar-refractivity contribution < 1.29 is 27.0 Å². The predicted octanol–water partition coefficient (Wildman–Crippen LogP) is 3.93. The lowest BCUT2D eigenvalue weighted by molar-refractivity contribution is -0.0902. The molecule has 0 radical (unpaired) electrons. The number of pyridine rings is 2. The molecule has 0 spiro atoms. The summed E-state index contributed by atoms with van der Waals surface area (Å²) in [6.07, 6.45) is 2.67. The van der Waals surface area contributed by atoms with E-state index in [2.05, 4.69) is 9.97 Å². The Balaban J connectivity index is 1.52. The van der Waals surface area contributed by atoms with Gasteiger partial charge < -0.3 is 15.2 Å². The maximum atomic E-state index is 15.1. The minimum absolute atomic E-state index is 0.0595. The van der Waals surface area contributed by atoms with E-state index in [9.17, 15) is 8.78 Å². The molecule has 1 fully saturated rings. The van der Waals surface area contributed by atoms with E-state index in [1.165, 1.54) is 18.5 Å². The number of hydrogen-bond donors (Lipinski definition) is 1. The molecule has 9 heteroatoms. The molecule has 4 rings (SSSR count). The van der Waals surface area contributed by atoms with Crippen molar-refractivity contribution in [1.29, 1.82) is 0 Å². The van der Waals surface area contributed by atoms with Crippen LogP contribution in [0.25, 0.3) is 0 Å². The van der Waals surface area contributed by atoms with Gasteiger partial charge in [0.2, 0.25) is 5.88 Å². The van der Waals surface area contributed by atoms with Gasteiger partial charge in [-0.25, -0.2) is 13.8 Å². The van der Waals surface area contributed by atoms with Crippen LogP contribution in [0.5, 0.6) is 5.88 Å². The lowest BCUT2D eigenvalue weighted by atomic mass is 9.90. The van der Waals surface area contributed by atoms with E-state index < -0.39 is 41.0 Å². The maximum Gasteiger partial charge on any atom is 0.324 e. The van der Waals surface area contributed by atoms with Gasteiger partial charge in [0.25, 0.3) is 0 Å². The van der Waals surface area contributed by atoms with Crippen molar-refractivity contribution in [3.8, 4) is 5.88 Å². The van der Waals surface area contributed by atoms with E-state index in [1.54, 1.807) is 12.1 Å². The molecule has 2 aromatic heterocycles. The van der Waals surface area contributed by atoms with Crippen molar-refractivity contribution in [2.24, 2.45) is 0 Å². The molecule has 1 aliphatic rings. The highest BCUT2D eigenvalue weighted by molar-refractivity contribution is 5.37. The second kappa shape index (κ2) is 7.00. The molecular weight excluding hydrogens is 390 g/mol. The first kappa shape index (κ1) is 19.1. The Labute approximate surface area is 163 Å². The Morgan fingerprint density at radius 3 is 2.45 bits per heavy atom. The van der Waals surface area contributed by atoms with E-state index in [0.717, 1.165) is 18.2 Å². The molecular formula is C20H15F4N3O2. The van der Waals surface area contributed by atoms with E-state index in [4.69, 9.17) is 15.2 Å². The van der Waals surface area contributed by atoms with E-state index in [0.29, 0.717) is 23.2 Å². The van der Waals surface area contributed by atoms with Crippen molar-refractivity contribution in [3.05, 3.63) is 83.3 Å². The molecule has 1 aliphatic heterocycles.